The maximum atomic E-state index is 12.2. The first kappa shape index (κ1) is 15.0. The third-order valence-corrected chi connectivity index (χ3v) is 4.70. The van der Waals surface area contributed by atoms with Gasteiger partial charge in [-0.2, -0.15) is 0 Å². The minimum atomic E-state index is -0.820. The van der Waals surface area contributed by atoms with Gasteiger partial charge in [0.2, 0.25) is 5.91 Å². The molecule has 1 aliphatic rings. The van der Waals surface area contributed by atoms with Gasteiger partial charge < -0.3 is 10.1 Å². The topological polar surface area (TPSA) is 55.4 Å². The van der Waals surface area contributed by atoms with Crippen LogP contribution < -0.4 is 5.32 Å². The third-order valence-electron chi connectivity index (χ3n) is 3.83. The van der Waals surface area contributed by atoms with E-state index >= 15 is 0 Å². The van der Waals surface area contributed by atoms with Crippen molar-refractivity contribution in [1.29, 1.82) is 0 Å². The standard InChI is InChI=1S/C15H21NO3S/c1-19-14(18)15(8-4-2-3-5-9-15)16-13(17)11-12-7-6-10-20-12/h6-7,10H,2-5,8-9,11H2,1H3,(H,16,17). The molecular weight excluding hydrogens is 274 g/mol. The van der Waals surface area contributed by atoms with Crippen molar-refractivity contribution in [2.45, 2.75) is 50.5 Å². The molecule has 2 rings (SSSR count). The molecular formula is C15H21NO3S. The molecule has 1 aliphatic carbocycles. The molecule has 1 aromatic rings. The molecule has 0 bridgehead atoms. The Kier molecular flexibility index (Phi) is 5.17. The van der Waals surface area contributed by atoms with E-state index in [2.05, 4.69) is 5.32 Å². The van der Waals surface area contributed by atoms with Gasteiger partial charge in [-0.25, -0.2) is 4.79 Å². The molecule has 4 nitrogen and oxygen atoms in total. The van der Waals surface area contributed by atoms with E-state index in [4.69, 9.17) is 4.74 Å². The highest BCUT2D eigenvalue weighted by Gasteiger charge is 2.40. The summed E-state index contributed by atoms with van der Waals surface area (Å²) in [6.45, 7) is 0. The zero-order chi connectivity index (χ0) is 14.4. The number of ether oxygens (including phenoxy) is 1. The summed E-state index contributed by atoms with van der Waals surface area (Å²) in [5.41, 5.74) is -0.820. The van der Waals surface area contributed by atoms with Crippen molar-refractivity contribution in [3.8, 4) is 0 Å². The van der Waals surface area contributed by atoms with Gasteiger partial charge in [0.15, 0.2) is 0 Å². The largest absolute Gasteiger partial charge is 0.467 e. The Morgan fingerprint density at radius 3 is 2.55 bits per heavy atom. The molecule has 20 heavy (non-hydrogen) atoms. The molecule has 1 heterocycles. The molecule has 110 valence electrons. The molecule has 1 fully saturated rings. The van der Waals surface area contributed by atoms with Crippen LogP contribution in [0.3, 0.4) is 0 Å². The lowest BCUT2D eigenvalue weighted by atomic mass is 9.90. The smallest absolute Gasteiger partial charge is 0.331 e. The number of rotatable bonds is 4. The number of thiophene rings is 1. The summed E-state index contributed by atoms with van der Waals surface area (Å²) >= 11 is 1.55. The molecule has 0 aliphatic heterocycles. The predicted molar refractivity (Wildman–Crippen MR) is 78.6 cm³/mol. The van der Waals surface area contributed by atoms with Crippen molar-refractivity contribution in [1.82, 2.24) is 5.32 Å². The molecule has 1 saturated carbocycles. The van der Waals surface area contributed by atoms with Crippen LogP contribution in [-0.2, 0) is 20.7 Å². The highest BCUT2D eigenvalue weighted by Crippen LogP contribution is 2.28. The van der Waals surface area contributed by atoms with Gasteiger partial charge in [-0.15, -0.1) is 11.3 Å². The number of nitrogens with one attached hydrogen (secondary N) is 1. The van der Waals surface area contributed by atoms with Crippen LogP contribution in [0, 0.1) is 0 Å². The van der Waals surface area contributed by atoms with Crippen molar-refractivity contribution < 1.29 is 14.3 Å². The number of carbonyl (C=O) groups is 2. The van der Waals surface area contributed by atoms with E-state index < -0.39 is 5.54 Å². The fraction of sp³-hybridized carbons (Fsp3) is 0.600. The molecule has 0 atom stereocenters. The van der Waals surface area contributed by atoms with Crippen LogP contribution >= 0.6 is 11.3 Å². The second-order valence-corrected chi connectivity index (χ2v) is 6.32. The van der Waals surface area contributed by atoms with Gasteiger partial charge in [-0.3, -0.25) is 4.79 Å². The van der Waals surface area contributed by atoms with E-state index in [9.17, 15) is 9.59 Å². The second-order valence-electron chi connectivity index (χ2n) is 5.29. The van der Waals surface area contributed by atoms with Gasteiger partial charge in [0.05, 0.1) is 13.5 Å². The van der Waals surface area contributed by atoms with E-state index in [0.717, 1.165) is 30.6 Å². The third kappa shape index (κ3) is 3.60. The van der Waals surface area contributed by atoms with Crippen LogP contribution in [0.25, 0.3) is 0 Å². The van der Waals surface area contributed by atoms with Crippen LogP contribution in [-0.4, -0.2) is 24.5 Å². The minimum Gasteiger partial charge on any atom is -0.467 e. The van der Waals surface area contributed by atoms with E-state index in [0.29, 0.717) is 19.3 Å². The second kappa shape index (κ2) is 6.88. The summed E-state index contributed by atoms with van der Waals surface area (Å²) in [6, 6.07) is 3.86. The number of carbonyl (C=O) groups excluding carboxylic acids is 2. The molecule has 0 unspecified atom stereocenters. The molecule has 1 amide bonds. The Hall–Kier alpha value is -1.36. The quantitative estimate of drug-likeness (QED) is 0.686. The predicted octanol–water partition coefficient (Wildman–Crippen LogP) is 2.67. The SMILES string of the molecule is COC(=O)C1(NC(=O)Cc2cccs2)CCCCCC1. The Morgan fingerprint density at radius 1 is 1.30 bits per heavy atom. The molecule has 0 radical (unpaired) electrons. The molecule has 0 aromatic carbocycles. The number of methoxy groups -OCH3 is 1. The zero-order valence-corrected chi connectivity index (χ0v) is 12.6. The first-order chi connectivity index (χ1) is 9.66. The van der Waals surface area contributed by atoms with Crippen molar-refractivity contribution in [3.63, 3.8) is 0 Å². The van der Waals surface area contributed by atoms with Crippen molar-refractivity contribution >= 4 is 23.2 Å². The fourth-order valence-corrected chi connectivity index (χ4v) is 3.49. The average molecular weight is 295 g/mol. The first-order valence-electron chi connectivity index (χ1n) is 7.08. The lowest BCUT2D eigenvalue weighted by Crippen LogP contribution is -2.55. The lowest BCUT2D eigenvalue weighted by molar-refractivity contribution is -0.151. The number of hydrogen-bond acceptors (Lipinski definition) is 4. The lowest BCUT2D eigenvalue weighted by Gasteiger charge is -2.30. The Labute approximate surface area is 123 Å². The van der Waals surface area contributed by atoms with Crippen molar-refractivity contribution in [2.24, 2.45) is 0 Å². The van der Waals surface area contributed by atoms with E-state index in [1.807, 2.05) is 17.5 Å². The molecule has 1 N–H and O–H groups in total. The normalized spacial score (nSPS) is 18.1. The highest BCUT2D eigenvalue weighted by atomic mass is 32.1. The van der Waals surface area contributed by atoms with Crippen LogP contribution in [0.2, 0.25) is 0 Å². The van der Waals surface area contributed by atoms with E-state index in [-0.39, 0.29) is 11.9 Å². The fourth-order valence-electron chi connectivity index (χ4n) is 2.79. The molecule has 0 saturated heterocycles. The maximum Gasteiger partial charge on any atom is 0.331 e. The van der Waals surface area contributed by atoms with Gasteiger partial charge in [0.25, 0.3) is 0 Å². The van der Waals surface area contributed by atoms with Gasteiger partial charge in [-0.05, 0) is 24.3 Å². The van der Waals surface area contributed by atoms with Crippen LogP contribution in [0.15, 0.2) is 17.5 Å². The molecule has 1 aromatic heterocycles. The summed E-state index contributed by atoms with van der Waals surface area (Å²) in [7, 11) is 1.39. The average Bonchev–Trinajstić information content (AvgIpc) is 2.82. The molecule has 5 heteroatoms. The molecule has 0 spiro atoms. The van der Waals surface area contributed by atoms with Crippen molar-refractivity contribution in [3.05, 3.63) is 22.4 Å². The van der Waals surface area contributed by atoms with Crippen LogP contribution in [0.1, 0.15) is 43.4 Å². The van der Waals surface area contributed by atoms with Gasteiger partial charge in [0, 0.05) is 4.88 Å². The van der Waals surface area contributed by atoms with Gasteiger partial charge >= 0.3 is 5.97 Å². The van der Waals surface area contributed by atoms with E-state index in [1.165, 1.54) is 7.11 Å². The van der Waals surface area contributed by atoms with Gasteiger partial charge in [0.1, 0.15) is 5.54 Å². The summed E-state index contributed by atoms with van der Waals surface area (Å²) < 4.78 is 4.93. The van der Waals surface area contributed by atoms with Crippen LogP contribution in [0.5, 0.6) is 0 Å². The summed E-state index contributed by atoms with van der Waals surface area (Å²) in [5.74, 6) is -0.404. The summed E-state index contributed by atoms with van der Waals surface area (Å²) in [4.78, 5) is 25.4. The van der Waals surface area contributed by atoms with E-state index in [1.54, 1.807) is 11.3 Å². The zero-order valence-electron chi connectivity index (χ0n) is 11.8. The number of amides is 1. The number of esters is 1. The first-order valence-corrected chi connectivity index (χ1v) is 7.96. The van der Waals surface area contributed by atoms with Crippen LogP contribution in [0.4, 0.5) is 0 Å². The number of hydrogen-bond donors (Lipinski definition) is 1. The van der Waals surface area contributed by atoms with Crippen molar-refractivity contribution in [2.75, 3.05) is 7.11 Å². The maximum absolute atomic E-state index is 12.2. The summed E-state index contributed by atoms with van der Waals surface area (Å²) in [5, 5.41) is 4.90. The Balaban J connectivity index is 2.06. The Morgan fingerprint density at radius 2 is 2.00 bits per heavy atom. The highest BCUT2D eigenvalue weighted by molar-refractivity contribution is 7.10. The van der Waals surface area contributed by atoms with Gasteiger partial charge in [-0.1, -0.05) is 31.7 Å². The monoisotopic (exact) mass is 295 g/mol. The Bertz CT molecular complexity index is 448. The summed E-state index contributed by atoms with van der Waals surface area (Å²) in [6.07, 6.45) is 5.81. The minimum absolute atomic E-state index is 0.0975.